The number of esters is 1. The lowest BCUT2D eigenvalue weighted by Gasteiger charge is -2.27. The molecule has 0 heterocycles. The van der Waals surface area contributed by atoms with Gasteiger partial charge < -0.3 is 4.74 Å². The van der Waals surface area contributed by atoms with Gasteiger partial charge in [0.2, 0.25) is 0 Å². The Bertz CT molecular complexity index is 565. The van der Waals surface area contributed by atoms with Gasteiger partial charge in [-0.1, -0.05) is 0 Å². The van der Waals surface area contributed by atoms with E-state index in [2.05, 4.69) is 4.74 Å². The summed E-state index contributed by atoms with van der Waals surface area (Å²) < 4.78 is 115. The van der Waals surface area contributed by atoms with E-state index in [9.17, 15) is 44.3 Å². The lowest BCUT2D eigenvalue weighted by atomic mass is 10.1. The van der Waals surface area contributed by atoms with Crippen LogP contribution in [0.2, 0.25) is 0 Å². The average Bonchev–Trinajstić information content (AvgIpc) is 2.34. The molecule has 0 amide bonds. The van der Waals surface area contributed by atoms with Gasteiger partial charge in [-0.3, -0.25) is 0 Å². The fourth-order valence-corrected chi connectivity index (χ4v) is 1.19. The molecule has 0 bridgehead atoms. The molecule has 1 rings (SSSR count). The van der Waals surface area contributed by atoms with E-state index >= 15 is 0 Å². The molecule has 0 aliphatic heterocycles. The summed E-state index contributed by atoms with van der Waals surface area (Å²) in [6, 6.07) is 1.15. The van der Waals surface area contributed by atoms with Gasteiger partial charge in [0, 0.05) is 6.07 Å². The fraction of sp³-hybridized carbons (Fsp3) is 0.364. The normalized spacial score (nSPS) is 13.1. The molecule has 0 fully saturated rings. The molecule has 1 aromatic rings. The van der Waals surface area contributed by atoms with E-state index < -0.39 is 47.8 Å². The predicted molar refractivity (Wildman–Crippen MR) is 52.6 cm³/mol. The summed E-state index contributed by atoms with van der Waals surface area (Å²) in [7, 11) is 0. The average molecular weight is 340 g/mol. The molecule has 0 atom stereocenters. The van der Waals surface area contributed by atoms with Gasteiger partial charge >= 0.3 is 24.0 Å². The lowest BCUT2D eigenvalue weighted by Crippen LogP contribution is -2.54. The maximum atomic E-state index is 13.1. The molecule has 0 aliphatic carbocycles. The van der Waals surface area contributed by atoms with Crippen molar-refractivity contribution < 1.29 is 49.0 Å². The third-order valence-electron chi connectivity index (χ3n) is 2.35. The van der Waals surface area contributed by atoms with Crippen LogP contribution in [-0.4, -0.2) is 30.6 Å². The maximum absolute atomic E-state index is 13.1. The number of carbonyl (C=O) groups is 1. The molecule has 2 nitrogen and oxygen atoms in total. The minimum atomic E-state index is -6.58. The van der Waals surface area contributed by atoms with E-state index in [-0.39, 0.29) is 6.07 Å². The standard InChI is InChI=1S/C11H5F9O2/c12-5-1-2-6(7(13)3-5)8(21)22-4-9(14,15)10(16,17)11(18,19)20/h1-3H,4H2. The highest BCUT2D eigenvalue weighted by Crippen LogP contribution is 2.46. The molecule has 0 spiro atoms. The number of carbonyl (C=O) groups excluding carboxylic acids is 1. The Labute approximate surface area is 116 Å². The summed E-state index contributed by atoms with van der Waals surface area (Å²) in [4.78, 5) is 11.2. The molecule has 124 valence electrons. The zero-order valence-electron chi connectivity index (χ0n) is 10.2. The number of hydrogen-bond donors (Lipinski definition) is 0. The molecule has 0 N–H and O–H groups in total. The van der Waals surface area contributed by atoms with Crippen LogP contribution in [0.5, 0.6) is 0 Å². The molecule has 0 radical (unpaired) electrons. The topological polar surface area (TPSA) is 26.3 Å². The fourth-order valence-electron chi connectivity index (χ4n) is 1.19. The Morgan fingerprint density at radius 1 is 1.00 bits per heavy atom. The monoisotopic (exact) mass is 340 g/mol. The Morgan fingerprint density at radius 3 is 2.00 bits per heavy atom. The van der Waals surface area contributed by atoms with Crippen LogP contribution >= 0.6 is 0 Å². The number of alkyl halides is 7. The van der Waals surface area contributed by atoms with Crippen LogP contribution in [-0.2, 0) is 4.74 Å². The van der Waals surface area contributed by atoms with Crippen LogP contribution in [0, 0.1) is 11.6 Å². The van der Waals surface area contributed by atoms with E-state index in [4.69, 9.17) is 0 Å². The first-order valence-corrected chi connectivity index (χ1v) is 5.24. The zero-order chi connectivity index (χ0) is 17.3. The minimum absolute atomic E-state index is 0.166. The third-order valence-corrected chi connectivity index (χ3v) is 2.35. The molecule has 0 saturated carbocycles. The van der Waals surface area contributed by atoms with Gasteiger partial charge in [-0.2, -0.15) is 30.7 Å². The van der Waals surface area contributed by atoms with Gasteiger partial charge in [0.05, 0.1) is 5.56 Å². The van der Waals surface area contributed by atoms with Gasteiger partial charge in [-0.05, 0) is 12.1 Å². The van der Waals surface area contributed by atoms with Crippen molar-refractivity contribution in [2.75, 3.05) is 6.61 Å². The molecular formula is C11H5F9O2. The molecule has 0 aliphatic rings. The molecule has 22 heavy (non-hydrogen) atoms. The highest BCUT2D eigenvalue weighted by Gasteiger charge is 2.73. The van der Waals surface area contributed by atoms with Crippen LogP contribution in [0.4, 0.5) is 39.5 Å². The molecule has 0 saturated heterocycles. The second-order valence-corrected chi connectivity index (χ2v) is 3.98. The van der Waals surface area contributed by atoms with Crippen molar-refractivity contribution in [2.24, 2.45) is 0 Å². The summed E-state index contributed by atoms with van der Waals surface area (Å²) in [5.41, 5.74) is -1.10. The summed E-state index contributed by atoms with van der Waals surface area (Å²) >= 11 is 0. The number of halogens is 9. The Hall–Kier alpha value is -1.94. The summed E-state index contributed by atoms with van der Waals surface area (Å²) in [5, 5.41) is 0. The van der Waals surface area contributed by atoms with Crippen molar-refractivity contribution in [3.8, 4) is 0 Å². The van der Waals surface area contributed by atoms with Crippen molar-refractivity contribution >= 4 is 5.97 Å². The van der Waals surface area contributed by atoms with E-state index in [0.29, 0.717) is 12.1 Å². The predicted octanol–water partition coefficient (Wildman–Crippen LogP) is 3.95. The SMILES string of the molecule is O=C(OCC(F)(F)C(F)(F)C(F)(F)F)c1ccc(F)cc1F. The van der Waals surface area contributed by atoms with Gasteiger partial charge in [0.1, 0.15) is 11.6 Å². The maximum Gasteiger partial charge on any atom is 0.460 e. The van der Waals surface area contributed by atoms with Crippen LogP contribution in [0.15, 0.2) is 18.2 Å². The number of rotatable bonds is 4. The lowest BCUT2D eigenvalue weighted by molar-refractivity contribution is -0.359. The molecule has 1 aromatic carbocycles. The van der Waals surface area contributed by atoms with Crippen LogP contribution < -0.4 is 0 Å². The van der Waals surface area contributed by atoms with Gasteiger partial charge in [-0.25, -0.2) is 13.6 Å². The quantitative estimate of drug-likeness (QED) is 0.613. The first-order valence-electron chi connectivity index (χ1n) is 5.24. The smallest absolute Gasteiger partial charge is 0.455 e. The zero-order valence-corrected chi connectivity index (χ0v) is 10.2. The Kier molecular flexibility index (Phi) is 4.68. The van der Waals surface area contributed by atoms with Crippen LogP contribution in [0.1, 0.15) is 10.4 Å². The van der Waals surface area contributed by atoms with E-state index in [1.807, 2.05) is 0 Å². The van der Waals surface area contributed by atoms with E-state index in [0.717, 1.165) is 0 Å². The second-order valence-electron chi connectivity index (χ2n) is 3.98. The van der Waals surface area contributed by atoms with Crippen molar-refractivity contribution in [2.45, 2.75) is 18.0 Å². The number of ether oxygens (including phenoxy) is 1. The van der Waals surface area contributed by atoms with Gasteiger partial charge in [0.25, 0.3) is 0 Å². The third kappa shape index (κ3) is 3.45. The van der Waals surface area contributed by atoms with E-state index in [1.54, 1.807) is 0 Å². The van der Waals surface area contributed by atoms with Crippen molar-refractivity contribution in [3.05, 3.63) is 35.4 Å². The summed E-state index contributed by atoms with van der Waals surface area (Å²) in [6.07, 6.45) is -6.58. The Morgan fingerprint density at radius 2 is 1.55 bits per heavy atom. The Balaban J connectivity index is 2.87. The minimum Gasteiger partial charge on any atom is -0.455 e. The molecule has 0 unspecified atom stereocenters. The summed E-state index contributed by atoms with van der Waals surface area (Å²) in [6.45, 7) is -2.64. The van der Waals surface area contributed by atoms with Crippen molar-refractivity contribution in [1.82, 2.24) is 0 Å². The highest BCUT2D eigenvalue weighted by atomic mass is 19.4. The molecular weight excluding hydrogens is 335 g/mol. The highest BCUT2D eigenvalue weighted by molar-refractivity contribution is 5.89. The van der Waals surface area contributed by atoms with Crippen LogP contribution in [0.25, 0.3) is 0 Å². The van der Waals surface area contributed by atoms with Crippen molar-refractivity contribution in [3.63, 3.8) is 0 Å². The second kappa shape index (κ2) is 5.69. The van der Waals surface area contributed by atoms with Gasteiger partial charge in [0.15, 0.2) is 6.61 Å². The van der Waals surface area contributed by atoms with Crippen molar-refractivity contribution in [1.29, 1.82) is 0 Å². The first kappa shape index (κ1) is 18.1. The number of hydrogen-bond acceptors (Lipinski definition) is 2. The summed E-state index contributed by atoms with van der Waals surface area (Å²) in [5.74, 6) is -16.9. The number of benzene rings is 1. The molecule has 11 heteroatoms. The van der Waals surface area contributed by atoms with Gasteiger partial charge in [-0.15, -0.1) is 0 Å². The van der Waals surface area contributed by atoms with Crippen LogP contribution in [0.3, 0.4) is 0 Å². The largest absolute Gasteiger partial charge is 0.460 e. The van der Waals surface area contributed by atoms with E-state index in [1.165, 1.54) is 0 Å². The molecule has 0 aromatic heterocycles. The first-order chi connectivity index (χ1) is 9.79.